The summed E-state index contributed by atoms with van der Waals surface area (Å²) in [6, 6.07) is 0.0503. The molecule has 5 nitrogen and oxygen atoms in total. The molecular formula is C13H19NO4. The predicted octanol–water partition coefficient (Wildman–Crippen LogP) is 0.781. The minimum absolute atomic E-state index is 0.0503. The summed E-state index contributed by atoms with van der Waals surface area (Å²) in [5.74, 6) is -0.941. The highest BCUT2D eigenvalue weighted by molar-refractivity contribution is 6.05. The van der Waals surface area contributed by atoms with E-state index in [4.69, 9.17) is 9.84 Å². The molecule has 3 fully saturated rings. The zero-order chi connectivity index (χ0) is 13.1. The summed E-state index contributed by atoms with van der Waals surface area (Å²) in [7, 11) is 0. The van der Waals surface area contributed by atoms with Crippen molar-refractivity contribution in [1.29, 1.82) is 0 Å². The molecule has 100 valence electrons. The van der Waals surface area contributed by atoms with Crippen LogP contribution >= 0.6 is 0 Å². The van der Waals surface area contributed by atoms with Gasteiger partial charge in [-0.3, -0.25) is 9.59 Å². The van der Waals surface area contributed by atoms with Gasteiger partial charge in [-0.05, 0) is 19.3 Å². The smallest absolute Gasteiger partial charge is 0.319 e. The van der Waals surface area contributed by atoms with E-state index < -0.39 is 11.4 Å². The second-order valence-electron chi connectivity index (χ2n) is 6.40. The second kappa shape index (κ2) is 3.47. The topological polar surface area (TPSA) is 75.6 Å². The van der Waals surface area contributed by atoms with Crippen molar-refractivity contribution in [3.63, 3.8) is 0 Å². The molecule has 1 saturated heterocycles. The average molecular weight is 253 g/mol. The molecule has 0 unspecified atom stereocenters. The van der Waals surface area contributed by atoms with Gasteiger partial charge in [0.25, 0.3) is 0 Å². The largest absolute Gasteiger partial charge is 0.480 e. The third-order valence-corrected chi connectivity index (χ3v) is 4.98. The van der Waals surface area contributed by atoms with Crippen LogP contribution in [0, 0.1) is 16.7 Å². The van der Waals surface area contributed by atoms with Crippen LogP contribution in [0.25, 0.3) is 0 Å². The lowest BCUT2D eigenvalue weighted by atomic mass is 9.57. The average Bonchev–Trinajstić information content (AvgIpc) is 2.99. The Morgan fingerprint density at radius 3 is 2.56 bits per heavy atom. The highest BCUT2D eigenvalue weighted by Crippen LogP contribution is 2.53. The Morgan fingerprint density at radius 1 is 1.33 bits per heavy atom. The lowest BCUT2D eigenvalue weighted by molar-refractivity contribution is -0.154. The summed E-state index contributed by atoms with van der Waals surface area (Å²) >= 11 is 0. The molecule has 0 spiro atoms. The standard InChI is InChI=1S/C13H19NO4/c1-12(2)8(7-3-6-18-9(7)12)14-10(15)13(4-5-13)11(16)17/h7-9H,3-6H2,1-2H3,(H,14,15)(H,16,17)/t7-,8+,9+/m0/s1. The summed E-state index contributed by atoms with van der Waals surface area (Å²) in [5, 5.41) is 12.1. The second-order valence-corrected chi connectivity index (χ2v) is 6.40. The molecule has 5 heteroatoms. The number of rotatable bonds is 3. The Morgan fingerprint density at radius 2 is 2.00 bits per heavy atom. The molecule has 3 rings (SSSR count). The van der Waals surface area contributed by atoms with E-state index in [1.807, 2.05) is 0 Å². The van der Waals surface area contributed by atoms with Crippen molar-refractivity contribution in [2.45, 2.75) is 45.3 Å². The maximum Gasteiger partial charge on any atom is 0.319 e. The number of nitrogens with one attached hydrogen (secondary N) is 1. The summed E-state index contributed by atoms with van der Waals surface area (Å²) in [6.45, 7) is 4.89. The number of carboxylic acid groups (broad SMARTS) is 1. The molecule has 1 aliphatic heterocycles. The van der Waals surface area contributed by atoms with Gasteiger partial charge in [0.2, 0.25) is 5.91 Å². The fourth-order valence-electron chi connectivity index (χ4n) is 3.56. The van der Waals surface area contributed by atoms with E-state index in [0.29, 0.717) is 18.8 Å². The van der Waals surface area contributed by atoms with Crippen molar-refractivity contribution in [3.05, 3.63) is 0 Å². The number of amides is 1. The first kappa shape index (κ1) is 12.0. The van der Waals surface area contributed by atoms with Crippen molar-refractivity contribution in [3.8, 4) is 0 Å². The van der Waals surface area contributed by atoms with E-state index in [2.05, 4.69) is 19.2 Å². The van der Waals surface area contributed by atoms with Crippen molar-refractivity contribution in [2.24, 2.45) is 16.7 Å². The molecule has 3 aliphatic rings. The molecule has 2 N–H and O–H groups in total. The predicted molar refractivity (Wildman–Crippen MR) is 62.9 cm³/mol. The first-order valence-corrected chi connectivity index (χ1v) is 6.55. The van der Waals surface area contributed by atoms with E-state index in [-0.39, 0.29) is 23.5 Å². The van der Waals surface area contributed by atoms with Gasteiger partial charge in [-0.2, -0.15) is 0 Å². The molecule has 1 heterocycles. The van der Waals surface area contributed by atoms with Gasteiger partial charge in [0.1, 0.15) is 5.41 Å². The highest BCUT2D eigenvalue weighted by Gasteiger charge is 2.63. The molecule has 18 heavy (non-hydrogen) atoms. The van der Waals surface area contributed by atoms with Gasteiger partial charge in [0.15, 0.2) is 0 Å². The monoisotopic (exact) mass is 253 g/mol. The Kier molecular flexibility index (Phi) is 2.31. The van der Waals surface area contributed by atoms with Gasteiger partial charge < -0.3 is 15.2 Å². The van der Waals surface area contributed by atoms with Crippen LogP contribution in [0.4, 0.5) is 0 Å². The summed E-state index contributed by atoms with van der Waals surface area (Å²) < 4.78 is 5.66. The van der Waals surface area contributed by atoms with Gasteiger partial charge in [-0.1, -0.05) is 13.8 Å². The van der Waals surface area contributed by atoms with Gasteiger partial charge in [-0.15, -0.1) is 0 Å². The lowest BCUT2D eigenvalue weighted by Crippen LogP contribution is -2.67. The Balaban J connectivity index is 1.70. The summed E-state index contributed by atoms with van der Waals surface area (Å²) in [4.78, 5) is 23.2. The summed E-state index contributed by atoms with van der Waals surface area (Å²) in [6.07, 6.45) is 2.10. The zero-order valence-corrected chi connectivity index (χ0v) is 10.7. The molecule has 0 bridgehead atoms. The number of aliphatic carboxylic acids is 1. The number of ether oxygens (including phenoxy) is 1. The number of carbonyl (C=O) groups is 2. The summed E-state index contributed by atoms with van der Waals surface area (Å²) in [5.41, 5.74) is -1.23. The van der Waals surface area contributed by atoms with Crippen molar-refractivity contribution in [2.75, 3.05) is 6.61 Å². The first-order valence-electron chi connectivity index (χ1n) is 6.55. The van der Waals surface area contributed by atoms with E-state index in [9.17, 15) is 9.59 Å². The van der Waals surface area contributed by atoms with Gasteiger partial charge in [-0.25, -0.2) is 0 Å². The molecule has 0 aromatic rings. The molecule has 0 aromatic carbocycles. The van der Waals surface area contributed by atoms with Gasteiger partial charge in [0, 0.05) is 24.0 Å². The fraction of sp³-hybridized carbons (Fsp3) is 0.846. The van der Waals surface area contributed by atoms with Crippen LogP contribution in [0.5, 0.6) is 0 Å². The van der Waals surface area contributed by atoms with Crippen LogP contribution < -0.4 is 5.32 Å². The Hall–Kier alpha value is -1.10. The molecule has 3 atom stereocenters. The van der Waals surface area contributed by atoms with Crippen LogP contribution in [0.3, 0.4) is 0 Å². The first-order chi connectivity index (χ1) is 8.39. The Bertz CT molecular complexity index is 413. The minimum Gasteiger partial charge on any atom is -0.480 e. The van der Waals surface area contributed by atoms with E-state index in [0.717, 1.165) is 13.0 Å². The maximum absolute atomic E-state index is 12.1. The third kappa shape index (κ3) is 1.37. The van der Waals surface area contributed by atoms with Crippen LogP contribution in [-0.2, 0) is 14.3 Å². The van der Waals surface area contributed by atoms with E-state index in [1.54, 1.807) is 0 Å². The number of carboxylic acids is 1. The SMILES string of the molecule is CC1(C)[C@H](NC(=O)C2(C(=O)O)CC2)[C@@H]2CCO[C@H]21. The Labute approximate surface area is 106 Å². The fourth-order valence-corrected chi connectivity index (χ4v) is 3.56. The van der Waals surface area contributed by atoms with Crippen molar-refractivity contribution in [1.82, 2.24) is 5.32 Å². The molecular weight excluding hydrogens is 234 g/mol. The normalized spacial score (nSPS) is 38.4. The third-order valence-electron chi connectivity index (χ3n) is 4.98. The number of carbonyl (C=O) groups excluding carboxylic acids is 1. The molecule has 2 aliphatic carbocycles. The van der Waals surface area contributed by atoms with Crippen LogP contribution in [0.1, 0.15) is 33.1 Å². The van der Waals surface area contributed by atoms with E-state index in [1.165, 1.54) is 0 Å². The number of fused-ring (bicyclic) bond motifs is 1. The molecule has 2 saturated carbocycles. The van der Waals surface area contributed by atoms with Crippen LogP contribution in [-0.4, -0.2) is 35.7 Å². The van der Waals surface area contributed by atoms with Crippen molar-refractivity contribution >= 4 is 11.9 Å². The van der Waals surface area contributed by atoms with E-state index >= 15 is 0 Å². The minimum atomic E-state index is -1.14. The van der Waals surface area contributed by atoms with Gasteiger partial charge >= 0.3 is 5.97 Å². The number of hydrogen-bond donors (Lipinski definition) is 2. The molecule has 1 amide bonds. The lowest BCUT2D eigenvalue weighted by Gasteiger charge is -2.54. The molecule has 0 radical (unpaired) electrons. The highest BCUT2D eigenvalue weighted by atomic mass is 16.5. The van der Waals surface area contributed by atoms with Crippen LogP contribution in [0.15, 0.2) is 0 Å². The number of hydrogen-bond acceptors (Lipinski definition) is 3. The van der Waals surface area contributed by atoms with Crippen molar-refractivity contribution < 1.29 is 19.4 Å². The maximum atomic E-state index is 12.1. The van der Waals surface area contributed by atoms with Crippen LogP contribution in [0.2, 0.25) is 0 Å². The van der Waals surface area contributed by atoms with Gasteiger partial charge in [0.05, 0.1) is 6.10 Å². The quantitative estimate of drug-likeness (QED) is 0.729. The zero-order valence-electron chi connectivity index (χ0n) is 10.7. The molecule has 0 aromatic heterocycles.